The first kappa shape index (κ1) is 23.8. The van der Waals surface area contributed by atoms with E-state index in [1.54, 1.807) is 48.5 Å². The summed E-state index contributed by atoms with van der Waals surface area (Å²) in [6.07, 6.45) is 0.584. The number of aryl methyl sites for hydroxylation is 1. The van der Waals surface area contributed by atoms with E-state index in [9.17, 15) is 19.5 Å². The minimum Gasteiger partial charge on any atom is -0.503 e. The molecular weight excluding hydrogens is 446 g/mol. The number of anilines is 1. The Kier molecular flexibility index (Phi) is 6.96. The van der Waals surface area contributed by atoms with E-state index in [0.717, 1.165) is 5.56 Å². The summed E-state index contributed by atoms with van der Waals surface area (Å²) in [7, 11) is 1.54. The van der Waals surface area contributed by atoms with E-state index in [4.69, 9.17) is 9.47 Å². The fourth-order valence-corrected chi connectivity index (χ4v) is 4.17. The van der Waals surface area contributed by atoms with Crippen molar-refractivity contribution in [2.45, 2.75) is 25.8 Å². The number of methoxy groups -OCH3 is 1. The minimum absolute atomic E-state index is 0.0155. The summed E-state index contributed by atoms with van der Waals surface area (Å²) in [4.78, 5) is 39.5. The minimum atomic E-state index is -0.894. The molecule has 3 aromatic carbocycles. The number of nitrogens with zero attached hydrogens (tertiary/aromatic N) is 1. The maximum absolute atomic E-state index is 13.4. The number of Topliss-reactive ketones (excluding diaryl/α,β-unsaturated/α-hetero) is 1. The second-order valence-electron chi connectivity index (χ2n) is 8.11. The average Bonchev–Trinajstić information content (AvgIpc) is 3.13. The van der Waals surface area contributed by atoms with Gasteiger partial charge in [-0.1, -0.05) is 42.5 Å². The van der Waals surface area contributed by atoms with E-state index in [1.807, 2.05) is 30.3 Å². The third kappa shape index (κ3) is 5.09. The highest BCUT2D eigenvalue weighted by atomic mass is 16.5. The van der Waals surface area contributed by atoms with Crippen molar-refractivity contribution in [1.82, 2.24) is 0 Å². The third-order valence-electron chi connectivity index (χ3n) is 5.78. The molecule has 0 radical (unpaired) electrons. The lowest BCUT2D eigenvalue weighted by molar-refractivity contribution is -0.132. The van der Waals surface area contributed by atoms with Gasteiger partial charge in [-0.3, -0.25) is 19.3 Å². The molecule has 0 aliphatic carbocycles. The van der Waals surface area contributed by atoms with Gasteiger partial charge in [0.15, 0.2) is 11.5 Å². The van der Waals surface area contributed by atoms with E-state index in [-0.39, 0.29) is 23.5 Å². The molecular formula is C28H25NO6. The van der Waals surface area contributed by atoms with Crippen LogP contribution in [0.5, 0.6) is 11.5 Å². The van der Waals surface area contributed by atoms with Crippen molar-refractivity contribution in [3.8, 4) is 11.5 Å². The lowest BCUT2D eigenvalue weighted by Crippen LogP contribution is -2.31. The molecule has 7 nitrogen and oxygen atoms in total. The Bertz CT molecular complexity index is 1280. The van der Waals surface area contributed by atoms with Gasteiger partial charge < -0.3 is 14.6 Å². The normalized spacial score (nSPS) is 15.3. The number of amides is 1. The summed E-state index contributed by atoms with van der Waals surface area (Å²) in [6, 6.07) is 22.0. The highest BCUT2D eigenvalue weighted by Crippen LogP contribution is 2.42. The Balaban J connectivity index is 1.74. The molecule has 1 amide bonds. The Labute approximate surface area is 203 Å². The van der Waals surface area contributed by atoms with Crippen LogP contribution in [-0.2, 0) is 20.8 Å². The van der Waals surface area contributed by atoms with Gasteiger partial charge in [0.1, 0.15) is 11.5 Å². The lowest BCUT2D eigenvalue weighted by atomic mass is 9.93. The largest absolute Gasteiger partial charge is 0.503 e. The van der Waals surface area contributed by atoms with Crippen LogP contribution >= 0.6 is 0 Å². The highest BCUT2D eigenvalue weighted by molar-refractivity contribution is 6.16. The Hall–Kier alpha value is -4.39. The number of ketones is 1. The molecule has 1 atom stereocenters. The number of aliphatic hydroxyl groups is 1. The second-order valence-corrected chi connectivity index (χ2v) is 8.11. The predicted molar refractivity (Wildman–Crippen MR) is 130 cm³/mol. The molecule has 0 spiro atoms. The van der Waals surface area contributed by atoms with Gasteiger partial charge in [-0.2, -0.15) is 0 Å². The maximum Gasteiger partial charge on any atom is 0.308 e. The van der Waals surface area contributed by atoms with Crippen LogP contribution in [0, 0.1) is 0 Å². The molecule has 0 fully saturated rings. The van der Waals surface area contributed by atoms with Crippen LogP contribution in [0.25, 0.3) is 0 Å². The number of aliphatic hydroxyl groups excluding tert-OH is 1. The molecule has 1 unspecified atom stereocenters. The molecule has 1 aliphatic rings. The van der Waals surface area contributed by atoms with Crippen LogP contribution in [0.3, 0.4) is 0 Å². The van der Waals surface area contributed by atoms with Gasteiger partial charge in [0, 0.05) is 19.0 Å². The van der Waals surface area contributed by atoms with E-state index >= 15 is 0 Å². The van der Waals surface area contributed by atoms with Crippen molar-refractivity contribution >= 4 is 23.3 Å². The van der Waals surface area contributed by atoms with Gasteiger partial charge in [-0.05, 0) is 53.9 Å². The van der Waals surface area contributed by atoms with Crippen LogP contribution in [0.15, 0.2) is 90.2 Å². The van der Waals surface area contributed by atoms with Gasteiger partial charge >= 0.3 is 5.97 Å². The van der Waals surface area contributed by atoms with E-state index in [2.05, 4.69) is 0 Å². The van der Waals surface area contributed by atoms with Crippen LogP contribution in [0.2, 0.25) is 0 Å². The zero-order valence-electron chi connectivity index (χ0n) is 19.4. The first-order valence-corrected chi connectivity index (χ1v) is 11.1. The van der Waals surface area contributed by atoms with E-state index in [0.29, 0.717) is 23.4 Å². The predicted octanol–water partition coefficient (Wildman–Crippen LogP) is 4.72. The first-order valence-electron chi connectivity index (χ1n) is 11.1. The molecule has 35 heavy (non-hydrogen) atoms. The summed E-state index contributed by atoms with van der Waals surface area (Å²) in [5, 5.41) is 10.9. The van der Waals surface area contributed by atoms with Gasteiger partial charge in [0.2, 0.25) is 0 Å². The standard InChI is InChI=1S/C28H25NO6/c1-18(30)35-23-10-6-9-20(17-23)26-25(24(31)16-11-19-7-4-3-5-8-19)27(32)28(33)29(26)21-12-14-22(34-2)15-13-21/h3-10,12-15,17,26,32H,11,16H2,1-2H3. The topological polar surface area (TPSA) is 93.1 Å². The van der Waals surface area contributed by atoms with Gasteiger partial charge in [-0.25, -0.2) is 0 Å². The monoisotopic (exact) mass is 471 g/mol. The van der Waals surface area contributed by atoms with Gasteiger partial charge in [0.25, 0.3) is 5.91 Å². The molecule has 178 valence electrons. The number of hydrogen-bond donors (Lipinski definition) is 1. The first-order chi connectivity index (χ1) is 16.9. The zero-order chi connectivity index (χ0) is 24.9. The lowest BCUT2D eigenvalue weighted by Gasteiger charge is -2.27. The fourth-order valence-electron chi connectivity index (χ4n) is 4.17. The molecule has 4 rings (SSSR count). The molecule has 1 heterocycles. The Morgan fingerprint density at radius 1 is 0.943 bits per heavy atom. The number of hydrogen-bond acceptors (Lipinski definition) is 6. The molecule has 0 bridgehead atoms. The van der Waals surface area contributed by atoms with E-state index < -0.39 is 23.7 Å². The van der Waals surface area contributed by atoms with Crippen molar-refractivity contribution in [1.29, 1.82) is 0 Å². The fraction of sp³-hybridized carbons (Fsp3) is 0.179. The Morgan fingerprint density at radius 3 is 2.31 bits per heavy atom. The smallest absolute Gasteiger partial charge is 0.308 e. The number of rotatable bonds is 8. The van der Waals surface area contributed by atoms with Gasteiger partial charge in [-0.15, -0.1) is 0 Å². The Morgan fingerprint density at radius 2 is 1.66 bits per heavy atom. The van der Waals surface area contributed by atoms with Crippen molar-refractivity contribution < 1.29 is 29.0 Å². The van der Waals surface area contributed by atoms with Crippen molar-refractivity contribution in [2.75, 3.05) is 12.0 Å². The molecule has 3 aromatic rings. The molecule has 0 saturated heterocycles. The molecule has 0 saturated carbocycles. The molecule has 0 aromatic heterocycles. The summed E-state index contributed by atoms with van der Waals surface area (Å²) in [6.45, 7) is 1.29. The highest BCUT2D eigenvalue weighted by Gasteiger charge is 2.44. The number of esters is 1. The van der Waals surface area contributed by atoms with Crippen molar-refractivity contribution in [2.24, 2.45) is 0 Å². The van der Waals surface area contributed by atoms with Crippen molar-refractivity contribution in [3.63, 3.8) is 0 Å². The van der Waals surface area contributed by atoms with Crippen molar-refractivity contribution in [3.05, 3.63) is 101 Å². The third-order valence-corrected chi connectivity index (χ3v) is 5.78. The summed E-state index contributed by atoms with van der Waals surface area (Å²) in [5.74, 6) is -1.21. The maximum atomic E-state index is 13.4. The molecule has 1 N–H and O–H groups in total. The molecule has 1 aliphatic heterocycles. The number of carbonyl (C=O) groups is 3. The summed E-state index contributed by atoms with van der Waals surface area (Å²) in [5.41, 5.74) is 2.00. The number of carbonyl (C=O) groups excluding carboxylic acids is 3. The SMILES string of the molecule is COc1ccc(N2C(=O)C(O)=C(C(=O)CCc3ccccc3)C2c2cccc(OC(C)=O)c2)cc1. The quantitative estimate of drug-likeness (QED) is 0.377. The van der Waals surface area contributed by atoms with Crippen LogP contribution in [0.1, 0.15) is 30.5 Å². The van der Waals surface area contributed by atoms with Crippen LogP contribution < -0.4 is 14.4 Å². The van der Waals surface area contributed by atoms with Crippen LogP contribution in [0.4, 0.5) is 5.69 Å². The van der Waals surface area contributed by atoms with Crippen LogP contribution in [-0.4, -0.2) is 29.9 Å². The second kappa shape index (κ2) is 10.3. The number of benzene rings is 3. The van der Waals surface area contributed by atoms with E-state index in [1.165, 1.54) is 18.9 Å². The summed E-state index contributed by atoms with van der Waals surface area (Å²) >= 11 is 0. The zero-order valence-corrected chi connectivity index (χ0v) is 19.4. The molecule has 7 heteroatoms. The number of ether oxygens (including phenoxy) is 2. The average molecular weight is 472 g/mol. The summed E-state index contributed by atoms with van der Waals surface area (Å²) < 4.78 is 10.4. The van der Waals surface area contributed by atoms with Gasteiger partial charge in [0.05, 0.1) is 18.7 Å².